The first-order valence-electron chi connectivity index (χ1n) is 5.48. The summed E-state index contributed by atoms with van der Waals surface area (Å²) in [5, 5.41) is 4.79. The van der Waals surface area contributed by atoms with Crippen molar-refractivity contribution < 1.29 is 0 Å². The van der Waals surface area contributed by atoms with Crippen LogP contribution in [0.15, 0.2) is 16.8 Å². The van der Waals surface area contributed by atoms with Gasteiger partial charge in [0.05, 0.1) is 0 Å². The van der Waals surface area contributed by atoms with Gasteiger partial charge in [-0.3, -0.25) is 0 Å². The molecule has 0 fully saturated rings. The van der Waals surface area contributed by atoms with Crippen molar-refractivity contribution in [1.29, 1.82) is 0 Å². The summed E-state index contributed by atoms with van der Waals surface area (Å²) in [5.41, 5.74) is 1.48. The molecule has 0 aliphatic heterocycles. The van der Waals surface area contributed by atoms with Crippen molar-refractivity contribution in [2.45, 2.75) is 50.8 Å². The first-order valence-corrected chi connectivity index (χ1v) is 6.86. The van der Waals surface area contributed by atoms with E-state index in [2.05, 4.69) is 23.8 Å². The Hall–Kier alpha value is -0.0100. The highest BCUT2D eigenvalue weighted by Crippen LogP contribution is 2.15. The van der Waals surface area contributed by atoms with Crippen LogP contribution in [0.4, 0.5) is 0 Å². The molecule has 1 rings (SSSR count). The van der Waals surface area contributed by atoms with Crippen molar-refractivity contribution in [2.75, 3.05) is 0 Å². The Balaban J connectivity index is 1.99. The Bertz CT molecular complexity index is 218. The maximum absolute atomic E-state index is 6.14. The largest absolute Gasteiger partial charge is 0.152 e. The van der Waals surface area contributed by atoms with Crippen molar-refractivity contribution in [3.05, 3.63) is 22.4 Å². The van der Waals surface area contributed by atoms with Gasteiger partial charge in [-0.15, -0.1) is 11.6 Å². The lowest BCUT2D eigenvalue weighted by molar-refractivity contribution is 0.615. The predicted octanol–water partition coefficient (Wildman–Crippen LogP) is 4.87. The van der Waals surface area contributed by atoms with Crippen LogP contribution in [0.3, 0.4) is 0 Å². The van der Waals surface area contributed by atoms with Crippen LogP contribution in [0, 0.1) is 0 Å². The Morgan fingerprint density at radius 2 is 2.21 bits per heavy atom. The first kappa shape index (κ1) is 12.1. The summed E-state index contributed by atoms with van der Waals surface area (Å²) in [5.74, 6) is 0. The second-order valence-electron chi connectivity index (χ2n) is 3.76. The van der Waals surface area contributed by atoms with Crippen molar-refractivity contribution >= 4 is 22.9 Å². The second-order valence-corrected chi connectivity index (χ2v) is 5.16. The molecule has 80 valence electrons. The Kier molecular flexibility index (Phi) is 6.29. The number of aryl methyl sites for hydroxylation is 1. The smallest absolute Gasteiger partial charge is 0.0336 e. The summed E-state index contributed by atoms with van der Waals surface area (Å²) in [4.78, 5) is 0. The van der Waals surface area contributed by atoms with Gasteiger partial charge in [0.2, 0.25) is 0 Å². The van der Waals surface area contributed by atoms with Gasteiger partial charge >= 0.3 is 0 Å². The lowest BCUT2D eigenvalue weighted by Crippen LogP contribution is -1.97. The molecule has 0 saturated carbocycles. The zero-order valence-electron chi connectivity index (χ0n) is 8.84. The molecule has 1 unspecified atom stereocenters. The number of hydrogen-bond donors (Lipinski definition) is 0. The van der Waals surface area contributed by atoms with Gasteiger partial charge in [0, 0.05) is 5.38 Å². The average Bonchev–Trinajstić information content (AvgIpc) is 2.65. The summed E-state index contributed by atoms with van der Waals surface area (Å²) in [7, 11) is 0. The van der Waals surface area contributed by atoms with Crippen LogP contribution in [-0.4, -0.2) is 5.38 Å². The lowest BCUT2D eigenvalue weighted by Gasteiger charge is -2.06. The monoisotopic (exact) mass is 230 g/mol. The third kappa shape index (κ3) is 5.02. The standard InChI is InChI=1S/C12H19ClS/c1-2-5-12(13)7-4-3-6-11-8-9-14-10-11/h8-10,12H,2-7H2,1H3. The minimum absolute atomic E-state index is 0.405. The molecule has 0 aliphatic rings. The van der Waals surface area contributed by atoms with E-state index in [1.54, 1.807) is 11.3 Å². The highest BCUT2D eigenvalue weighted by Gasteiger charge is 2.02. The first-order chi connectivity index (χ1) is 6.83. The zero-order chi connectivity index (χ0) is 10.2. The molecule has 0 nitrogen and oxygen atoms in total. The fourth-order valence-corrected chi connectivity index (χ4v) is 2.66. The lowest BCUT2D eigenvalue weighted by atomic mass is 10.1. The van der Waals surface area contributed by atoms with E-state index in [0.29, 0.717) is 5.38 Å². The molecular weight excluding hydrogens is 212 g/mol. The number of rotatable bonds is 7. The van der Waals surface area contributed by atoms with Gasteiger partial charge in [-0.2, -0.15) is 11.3 Å². The summed E-state index contributed by atoms with van der Waals surface area (Å²) in [6.45, 7) is 2.20. The predicted molar refractivity (Wildman–Crippen MR) is 66.4 cm³/mol. The van der Waals surface area contributed by atoms with Crippen LogP contribution < -0.4 is 0 Å². The molecule has 2 heteroatoms. The van der Waals surface area contributed by atoms with Crippen molar-refractivity contribution in [1.82, 2.24) is 0 Å². The van der Waals surface area contributed by atoms with Gasteiger partial charge in [0.15, 0.2) is 0 Å². The van der Waals surface area contributed by atoms with Crippen LogP contribution in [0.1, 0.15) is 44.6 Å². The van der Waals surface area contributed by atoms with E-state index in [-0.39, 0.29) is 0 Å². The highest BCUT2D eigenvalue weighted by atomic mass is 35.5. The van der Waals surface area contributed by atoms with Crippen LogP contribution >= 0.6 is 22.9 Å². The van der Waals surface area contributed by atoms with Gasteiger partial charge in [0.25, 0.3) is 0 Å². The topological polar surface area (TPSA) is 0 Å². The minimum atomic E-state index is 0.405. The molecule has 0 aliphatic carbocycles. The van der Waals surface area contributed by atoms with E-state index in [1.807, 2.05) is 0 Å². The SMILES string of the molecule is CCCC(Cl)CCCCc1ccsc1. The van der Waals surface area contributed by atoms with Gasteiger partial charge in [0.1, 0.15) is 0 Å². The molecule has 0 amide bonds. The molecule has 1 atom stereocenters. The number of hydrogen-bond acceptors (Lipinski definition) is 1. The Morgan fingerprint density at radius 1 is 1.36 bits per heavy atom. The van der Waals surface area contributed by atoms with Gasteiger partial charge in [-0.1, -0.05) is 19.8 Å². The molecule has 0 radical (unpaired) electrons. The zero-order valence-corrected chi connectivity index (χ0v) is 10.4. The minimum Gasteiger partial charge on any atom is -0.152 e. The molecule has 1 aromatic rings. The number of unbranched alkanes of at least 4 members (excludes halogenated alkanes) is 1. The fourth-order valence-electron chi connectivity index (χ4n) is 1.59. The number of halogens is 1. The second kappa shape index (κ2) is 7.30. The molecule has 0 spiro atoms. The molecule has 1 heterocycles. The summed E-state index contributed by atoms with van der Waals surface area (Å²) < 4.78 is 0. The van der Waals surface area contributed by atoms with Crippen LogP contribution in [0.2, 0.25) is 0 Å². The molecule has 0 bridgehead atoms. The van der Waals surface area contributed by atoms with E-state index >= 15 is 0 Å². The Morgan fingerprint density at radius 3 is 2.86 bits per heavy atom. The maximum atomic E-state index is 6.14. The van der Waals surface area contributed by atoms with Crippen LogP contribution in [0.5, 0.6) is 0 Å². The van der Waals surface area contributed by atoms with Gasteiger partial charge in [-0.05, 0) is 48.1 Å². The van der Waals surface area contributed by atoms with Crippen LogP contribution in [0.25, 0.3) is 0 Å². The summed E-state index contributed by atoms with van der Waals surface area (Å²) in [6.07, 6.45) is 7.32. The van der Waals surface area contributed by atoms with E-state index in [1.165, 1.54) is 44.1 Å². The normalized spacial score (nSPS) is 13.0. The summed E-state index contributed by atoms with van der Waals surface area (Å²) in [6, 6.07) is 2.22. The molecule has 1 aromatic heterocycles. The quantitative estimate of drug-likeness (QED) is 0.463. The fraction of sp³-hybridized carbons (Fsp3) is 0.667. The van der Waals surface area contributed by atoms with Crippen molar-refractivity contribution in [2.24, 2.45) is 0 Å². The number of alkyl halides is 1. The van der Waals surface area contributed by atoms with E-state index in [0.717, 1.165) is 0 Å². The molecule has 14 heavy (non-hydrogen) atoms. The van der Waals surface area contributed by atoms with Gasteiger partial charge < -0.3 is 0 Å². The number of thiophene rings is 1. The molecule has 0 N–H and O–H groups in total. The van der Waals surface area contributed by atoms with Crippen molar-refractivity contribution in [3.8, 4) is 0 Å². The molecule has 0 aromatic carbocycles. The molecular formula is C12H19ClS. The Labute approximate surface area is 96.3 Å². The van der Waals surface area contributed by atoms with Crippen molar-refractivity contribution in [3.63, 3.8) is 0 Å². The summed E-state index contributed by atoms with van der Waals surface area (Å²) >= 11 is 7.93. The third-order valence-corrected chi connectivity index (χ3v) is 3.58. The third-order valence-electron chi connectivity index (χ3n) is 2.41. The van der Waals surface area contributed by atoms with E-state index < -0.39 is 0 Å². The van der Waals surface area contributed by atoms with Crippen LogP contribution in [-0.2, 0) is 6.42 Å². The highest BCUT2D eigenvalue weighted by molar-refractivity contribution is 7.07. The average molecular weight is 231 g/mol. The van der Waals surface area contributed by atoms with Gasteiger partial charge in [-0.25, -0.2) is 0 Å². The van der Waals surface area contributed by atoms with E-state index in [4.69, 9.17) is 11.6 Å². The molecule has 0 saturated heterocycles. The maximum Gasteiger partial charge on any atom is 0.0336 e. The van der Waals surface area contributed by atoms with E-state index in [9.17, 15) is 0 Å².